The van der Waals surface area contributed by atoms with Crippen LogP contribution in [0.2, 0.25) is 45.8 Å². The maximum atomic E-state index is 11.2. The first kappa shape index (κ1) is 60.2. The van der Waals surface area contributed by atoms with Gasteiger partial charge in [-0.25, -0.2) is 19.2 Å². The maximum absolute atomic E-state index is 11.2. The number of benzene rings is 7. The van der Waals surface area contributed by atoms with Crippen LogP contribution in [0.3, 0.4) is 0 Å². The molecule has 2 aromatic heterocycles. The number of anilines is 4. The van der Waals surface area contributed by atoms with Gasteiger partial charge in [-0.2, -0.15) is 0 Å². The second-order valence-electron chi connectivity index (χ2n) is 21.7. The molecule has 24 nitrogen and oxygen atoms in total. The van der Waals surface area contributed by atoms with Gasteiger partial charge in [-0.1, -0.05) is 60.7 Å². The molecule has 450 valence electrons. The molecule has 7 aromatic carbocycles. The molecule has 0 amide bonds. The summed E-state index contributed by atoms with van der Waals surface area (Å²) < 4.78 is 102. The number of ether oxygens (including phenoxy) is 2. The fourth-order valence-electron chi connectivity index (χ4n) is 11.0. The SMILES string of the molecule is C[Si]12O[Si]3(C)O[Si]4(C)O[Si](C)(O1)O[Si]1(C)O[Si](C)(O2)O[Si](C)(O3)O[Si](c2ccc(COc3ccc(C(c5ccc(N)cc5)c5ccc(N)cc5)cc3)cc2)(O4)O1.Nc1ccc(Oc2ccc(N)cc2)cc1.O=c1oc(=O)c2cc3c(=O)oc(=O)c3cc12. The second-order valence-corrected chi connectivity index (χ2v) is 45.2. The zero-order valence-electron chi connectivity index (χ0n) is 47.8. The lowest BCUT2D eigenvalue weighted by Crippen LogP contribution is -2.87. The first-order valence-electron chi connectivity index (χ1n) is 27.1. The first-order chi connectivity index (χ1) is 41.1. The maximum Gasteiger partial charge on any atom is 0.515 e. The molecule has 0 unspecified atom stereocenters. The average molecular weight is 1320 g/mol. The number of nitrogens with two attached hydrogens (primary N) is 4. The molecule has 6 saturated heterocycles. The van der Waals surface area contributed by atoms with Crippen LogP contribution in [-0.2, 0) is 56.0 Å². The van der Waals surface area contributed by atoms with Crippen LogP contribution in [0.1, 0.15) is 28.2 Å². The number of hydrogen-bond donors (Lipinski definition) is 4. The van der Waals surface area contributed by atoms with Gasteiger partial charge in [0.15, 0.2) is 0 Å². The molecular formula is C55H58N4O20Si8. The Morgan fingerprint density at radius 3 is 0.920 bits per heavy atom. The van der Waals surface area contributed by atoms with E-state index in [2.05, 4.69) is 45.2 Å². The highest BCUT2D eigenvalue weighted by Gasteiger charge is 2.79. The van der Waals surface area contributed by atoms with Crippen LogP contribution in [0.4, 0.5) is 22.7 Å². The van der Waals surface area contributed by atoms with Crippen molar-refractivity contribution in [3.63, 3.8) is 0 Å². The Morgan fingerprint density at radius 2 is 0.609 bits per heavy atom. The third-order valence-electron chi connectivity index (χ3n) is 14.2. The van der Waals surface area contributed by atoms with Crippen molar-refractivity contribution in [1.29, 1.82) is 0 Å². The van der Waals surface area contributed by atoms with Crippen molar-refractivity contribution in [2.24, 2.45) is 0 Å². The first-order valence-corrected chi connectivity index (χ1v) is 44.4. The van der Waals surface area contributed by atoms with Crippen molar-refractivity contribution >= 4 is 120 Å². The van der Waals surface area contributed by atoms with E-state index in [1.165, 1.54) is 0 Å². The van der Waals surface area contributed by atoms with Crippen molar-refractivity contribution in [2.75, 3.05) is 22.9 Å². The van der Waals surface area contributed by atoms with E-state index >= 15 is 0 Å². The summed E-state index contributed by atoms with van der Waals surface area (Å²) in [4.78, 5) is 44.7. The summed E-state index contributed by atoms with van der Waals surface area (Å²) in [5.74, 6) is 2.23. The van der Waals surface area contributed by atoms with E-state index in [4.69, 9.17) is 81.8 Å². The predicted molar refractivity (Wildman–Crippen MR) is 335 cm³/mol. The van der Waals surface area contributed by atoms with Gasteiger partial charge in [0, 0.05) is 79.7 Å². The summed E-state index contributed by atoms with van der Waals surface area (Å²) in [6.07, 6.45) is 0. The van der Waals surface area contributed by atoms with Gasteiger partial charge in [0.25, 0.3) is 0 Å². The number of nitrogen functional groups attached to an aromatic ring is 4. The zero-order chi connectivity index (χ0) is 61.5. The Kier molecular flexibility index (Phi) is 15.3. The highest BCUT2D eigenvalue weighted by molar-refractivity contribution is 7.04. The molecule has 6 aliphatic rings. The van der Waals surface area contributed by atoms with Gasteiger partial charge >= 0.3 is 92.9 Å². The Bertz CT molecular complexity index is 3930. The average Bonchev–Trinajstić information content (AvgIpc) is 1.34. The van der Waals surface area contributed by atoms with Crippen LogP contribution in [-0.4, -0.2) is 70.4 Å². The van der Waals surface area contributed by atoms with E-state index in [0.29, 0.717) is 23.2 Å². The van der Waals surface area contributed by atoms with Gasteiger partial charge in [-0.3, -0.25) is 0 Å². The molecule has 6 fully saturated rings. The molecule has 6 aliphatic heterocycles. The molecule has 8 bridgehead atoms. The molecule has 0 aliphatic carbocycles. The van der Waals surface area contributed by atoms with E-state index in [1.54, 1.807) is 70.1 Å². The lowest BCUT2D eigenvalue weighted by Gasteiger charge is -2.60. The molecule has 32 heteroatoms. The third kappa shape index (κ3) is 12.7. The fraction of sp³-hybridized carbons (Fsp3) is 0.164. The molecule has 87 heavy (non-hydrogen) atoms. The Balaban J connectivity index is 0.000000191. The lowest BCUT2D eigenvalue weighted by atomic mass is 9.85. The van der Waals surface area contributed by atoms with Crippen molar-refractivity contribution in [3.05, 3.63) is 222 Å². The van der Waals surface area contributed by atoms with Crippen LogP contribution in [0.15, 0.2) is 186 Å². The topological polar surface area (TPSA) is 328 Å². The van der Waals surface area contributed by atoms with Gasteiger partial charge in [0.1, 0.15) is 23.9 Å². The van der Waals surface area contributed by atoms with Crippen LogP contribution >= 0.6 is 0 Å². The third-order valence-corrected chi connectivity index (χ3v) is 49.6. The summed E-state index contributed by atoms with van der Waals surface area (Å²) in [5, 5.41) is 0.554. The van der Waals surface area contributed by atoms with Crippen LogP contribution in [0, 0.1) is 0 Å². The van der Waals surface area contributed by atoms with E-state index in [1.807, 2.05) is 84.9 Å². The largest absolute Gasteiger partial charge is 0.515 e. The minimum Gasteiger partial charge on any atom is -0.489 e. The minimum atomic E-state index is -4.06. The van der Waals surface area contributed by atoms with Crippen LogP contribution in [0.25, 0.3) is 21.5 Å². The van der Waals surface area contributed by atoms with Crippen molar-refractivity contribution < 1.29 is 67.7 Å². The molecule has 15 rings (SSSR count). The fourth-order valence-corrected chi connectivity index (χ4v) is 56.1. The zero-order valence-corrected chi connectivity index (χ0v) is 55.8. The number of hydrogen-bond acceptors (Lipinski definition) is 24. The molecule has 8 N–H and O–H groups in total. The lowest BCUT2D eigenvalue weighted by molar-refractivity contribution is -0.0158. The number of fused-ring (bicyclic) bond motifs is 2. The molecule has 0 atom stereocenters. The van der Waals surface area contributed by atoms with Crippen LogP contribution in [0.5, 0.6) is 17.2 Å². The van der Waals surface area contributed by atoms with Crippen molar-refractivity contribution in [3.8, 4) is 17.2 Å². The number of rotatable bonds is 9. The molecular weight excluding hydrogens is 1260 g/mol. The summed E-state index contributed by atoms with van der Waals surface area (Å²) >= 11 is 0. The molecule has 0 saturated carbocycles. The molecule has 0 radical (unpaired) electrons. The Morgan fingerprint density at radius 1 is 0.345 bits per heavy atom. The highest BCUT2D eigenvalue weighted by Crippen LogP contribution is 2.48. The molecule has 0 spiro atoms. The normalized spacial score (nSPS) is 28.7. The standard InChI is InChI=1S/C33H44N2O13Si8.C12H12N2O.C10H2O6/c1-49-37-50(2)40-53(5)42-51(3,38-49)44-55(7)45-52(4,39-49)43-54(6,41-50)47-56(46-53,48-55)32-22-8-25(9-23-32)24-36-31-20-14-28(15-21-31)33(26-10-16-29(34)17-11-26)27-12-18-30(35)19-13-27;13-9-1-5-11(6-2-9)15-12-7-3-10(14)4-8-12;11-7-3-1-4-6(10(14)16-8(4)12)2-5(3)9(13)15-7/h8-23,33H,24,34-35H2,1-7H3;1-8H,13-14H2;1-2H. The summed E-state index contributed by atoms with van der Waals surface area (Å²) in [6, 6.07) is 48.5. The van der Waals surface area contributed by atoms with Gasteiger partial charge in [0.2, 0.25) is 0 Å². The summed E-state index contributed by atoms with van der Waals surface area (Å²) in [5.41, 5.74) is 27.0. The van der Waals surface area contributed by atoms with E-state index in [-0.39, 0.29) is 27.5 Å². The van der Waals surface area contributed by atoms with Gasteiger partial charge in [0.05, 0.1) is 21.5 Å². The van der Waals surface area contributed by atoms with Crippen LogP contribution < -0.4 is 60.1 Å². The van der Waals surface area contributed by atoms with Gasteiger partial charge < -0.3 is 90.6 Å². The van der Waals surface area contributed by atoms with E-state index < -0.39 is 92.9 Å². The van der Waals surface area contributed by atoms with E-state index in [9.17, 15) is 19.2 Å². The monoisotopic (exact) mass is 1320 g/mol. The molecule has 8 heterocycles. The minimum absolute atomic E-state index is 0.0133. The molecule has 9 aromatic rings. The van der Waals surface area contributed by atoms with Crippen molar-refractivity contribution in [2.45, 2.75) is 58.4 Å². The van der Waals surface area contributed by atoms with E-state index in [0.717, 1.165) is 63.0 Å². The number of furan rings is 2. The Hall–Kier alpha value is -7.12. The predicted octanol–water partition coefficient (Wildman–Crippen LogP) is 7.14. The van der Waals surface area contributed by atoms with Gasteiger partial charge in [-0.15, -0.1) is 0 Å². The summed E-state index contributed by atoms with van der Waals surface area (Å²) in [6.45, 7) is 12.6. The summed E-state index contributed by atoms with van der Waals surface area (Å²) in [7, 11) is -29.7. The van der Waals surface area contributed by atoms with Crippen molar-refractivity contribution in [1.82, 2.24) is 0 Å². The smallest absolute Gasteiger partial charge is 0.489 e. The Labute approximate surface area is 505 Å². The van der Waals surface area contributed by atoms with Gasteiger partial charge in [-0.05, 0) is 119 Å². The quantitative estimate of drug-likeness (QED) is 0.0633. The highest BCUT2D eigenvalue weighted by atomic mass is 28.6. The second kappa shape index (κ2) is 22.2.